The smallest absolute Gasteiger partial charge is 0.165 e. The van der Waals surface area contributed by atoms with Gasteiger partial charge in [0.25, 0.3) is 0 Å². The Labute approximate surface area is 160 Å². The van der Waals surface area contributed by atoms with Gasteiger partial charge >= 0.3 is 0 Å². The molecule has 4 unspecified atom stereocenters. The lowest BCUT2D eigenvalue weighted by Gasteiger charge is -2.57. The first-order chi connectivity index (χ1) is 12.9. The average molecular weight is 362 g/mol. The molecule has 2 aromatic rings. The molecule has 140 valence electrons. The normalized spacial score (nSPS) is 25.7. The lowest BCUT2D eigenvalue weighted by atomic mass is 9.46. The van der Waals surface area contributed by atoms with Crippen molar-refractivity contribution >= 4 is 5.78 Å². The summed E-state index contributed by atoms with van der Waals surface area (Å²) in [4.78, 5) is 13.2. The van der Waals surface area contributed by atoms with Gasteiger partial charge in [0, 0.05) is 11.5 Å². The number of aliphatic hydroxyl groups excluding tert-OH is 2. The van der Waals surface area contributed by atoms with E-state index in [4.69, 9.17) is 0 Å². The molecule has 0 heterocycles. The van der Waals surface area contributed by atoms with Crippen LogP contribution < -0.4 is 0 Å². The molecule has 0 radical (unpaired) electrons. The first kappa shape index (κ1) is 18.1. The van der Waals surface area contributed by atoms with Crippen LogP contribution in [0, 0.1) is 17.3 Å². The zero-order valence-electron chi connectivity index (χ0n) is 15.8. The van der Waals surface area contributed by atoms with E-state index in [0.717, 1.165) is 23.1 Å². The fourth-order valence-corrected chi connectivity index (χ4v) is 4.86. The molecule has 0 aromatic heterocycles. The van der Waals surface area contributed by atoms with E-state index in [2.05, 4.69) is 13.8 Å². The zero-order valence-corrected chi connectivity index (χ0v) is 15.8. The Morgan fingerprint density at radius 1 is 0.926 bits per heavy atom. The van der Waals surface area contributed by atoms with E-state index in [-0.39, 0.29) is 23.0 Å². The summed E-state index contributed by atoms with van der Waals surface area (Å²) in [6.07, 6.45) is -0.401. The van der Waals surface area contributed by atoms with Crippen molar-refractivity contribution in [1.29, 1.82) is 0 Å². The molecule has 2 N–H and O–H groups in total. The van der Waals surface area contributed by atoms with Crippen molar-refractivity contribution < 1.29 is 15.0 Å². The standard InChI is InChI=1S/C24H26O3/c1-24(2)18-14-19(24)23(27)21(22(26)16-11-7-4-8-12-16)17(18)13-20(25)15-9-5-3-6-10-15/h3-12,18-20,22,25-26H,13-14H2,1-2H3. The number of ketones is 1. The van der Waals surface area contributed by atoms with Gasteiger partial charge in [-0.1, -0.05) is 80.1 Å². The lowest BCUT2D eigenvalue weighted by molar-refractivity contribution is -0.137. The number of benzene rings is 2. The van der Waals surface area contributed by atoms with Crippen LogP contribution in [-0.4, -0.2) is 16.0 Å². The molecule has 3 aliphatic carbocycles. The summed E-state index contributed by atoms with van der Waals surface area (Å²) in [5, 5.41) is 21.8. The monoisotopic (exact) mass is 362 g/mol. The van der Waals surface area contributed by atoms with Crippen molar-refractivity contribution in [3.05, 3.63) is 82.9 Å². The van der Waals surface area contributed by atoms with Crippen LogP contribution in [0.15, 0.2) is 71.8 Å². The van der Waals surface area contributed by atoms with Crippen molar-refractivity contribution in [3.8, 4) is 0 Å². The van der Waals surface area contributed by atoms with E-state index in [1.165, 1.54) is 0 Å². The van der Waals surface area contributed by atoms with E-state index in [9.17, 15) is 15.0 Å². The quantitative estimate of drug-likeness (QED) is 0.830. The van der Waals surface area contributed by atoms with Crippen LogP contribution in [0.3, 0.4) is 0 Å². The van der Waals surface area contributed by atoms with Crippen LogP contribution in [0.5, 0.6) is 0 Å². The predicted octanol–water partition coefficient (Wildman–Crippen LogP) is 4.39. The van der Waals surface area contributed by atoms with E-state index in [1.54, 1.807) is 0 Å². The van der Waals surface area contributed by atoms with E-state index in [0.29, 0.717) is 12.0 Å². The second-order valence-electron chi connectivity index (χ2n) is 8.41. The molecule has 1 saturated carbocycles. The number of carbonyl (C=O) groups is 1. The minimum absolute atomic E-state index is 0.0338. The maximum Gasteiger partial charge on any atom is 0.165 e. The fraction of sp³-hybridized carbons (Fsp3) is 0.375. The topological polar surface area (TPSA) is 57.5 Å². The maximum absolute atomic E-state index is 13.2. The number of Topliss-reactive ketones (excluding diaryl/α,β-unsaturated/α-hetero) is 1. The molecule has 3 heteroatoms. The molecule has 3 aliphatic rings. The first-order valence-electron chi connectivity index (χ1n) is 9.64. The summed E-state index contributed by atoms with van der Waals surface area (Å²) in [5.41, 5.74) is 2.90. The number of rotatable bonds is 5. The highest BCUT2D eigenvalue weighted by Crippen LogP contribution is 2.62. The second-order valence-corrected chi connectivity index (χ2v) is 8.41. The van der Waals surface area contributed by atoms with Crippen molar-refractivity contribution in [1.82, 2.24) is 0 Å². The Bertz CT molecular complexity index is 867. The van der Waals surface area contributed by atoms with Gasteiger partial charge in [-0.3, -0.25) is 4.79 Å². The van der Waals surface area contributed by atoms with E-state index >= 15 is 0 Å². The molecule has 0 spiro atoms. The summed E-state index contributed by atoms with van der Waals surface area (Å²) in [7, 11) is 0. The number of carbonyl (C=O) groups excluding carboxylic acids is 1. The minimum atomic E-state index is -0.932. The van der Waals surface area contributed by atoms with Crippen LogP contribution in [0.1, 0.15) is 50.0 Å². The van der Waals surface area contributed by atoms with Gasteiger partial charge in [-0.2, -0.15) is 0 Å². The Hall–Kier alpha value is -2.23. The summed E-state index contributed by atoms with van der Waals surface area (Å²) >= 11 is 0. The molecule has 0 saturated heterocycles. The average Bonchev–Trinajstić information content (AvgIpc) is 2.68. The Morgan fingerprint density at radius 3 is 2.04 bits per heavy atom. The van der Waals surface area contributed by atoms with Crippen LogP contribution >= 0.6 is 0 Å². The van der Waals surface area contributed by atoms with Crippen molar-refractivity contribution in [2.75, 3.05) is 0 Å². The van der Waals surface area contributed by atoms with Crippen molar-refractivity contribution in [2.24, 2.45) is 17.3 Å². The third-order valence-electron chi connectivity index (χ3n) is 6.60. The SMILES string of the molecule is CC1(C)C2CC1C(CC(O)c1ccccc1)=C(C(O)c1ccccc1)C2=O. The number of hydrogen-bond donors (Lipinski definition) is 2. The molecular formula is C24H26O3. The molecule has 0 aliphatic heterocycles. The summed E-state index contributed by atoms with van der Waals surface area (Å²) < 4.78 is 0. The van der Waals surface area contributed by atoms with Crippen LogP contribution in [0.2, 0.25) is 0 Å². The molecule has 27 heavy (non-hydrogen) atoms. The van der Waals surface area contributed by atoms with Gasteiger partial charge in [-0.15, -0.1) is 0 Å². The largest absolute Gasteiger partial charge is 0.388 e. The third kappa shape index (κ3) is 2.95. The van der Waals surface area contributed by atoms with Crippen molar-refractivity contribution in [3.63, 3.8) is 0 Å². The van der Waals surface area contributed by atoms with Crippen LogP contribution in [0.25, 0.3) is 0 Å². The van der Waals surface area contributed by atoms with Crippen LogP contribution in [0.4, 0.5) is 0 Å². The Kier molecular flexibility index (Phi) is 4.53. The highest BCUT2D eigenvalue weighted by molar-refractivity contribution is 6.02. The van der Waals surface area contributed by atoms with Gasteiger partial charge in [0.15, 0.2) is 5.78 Å². The second kappa shape index (κ2) is 6.74. The highest BCUT2D eigenvalue weighted by Gasteiger charge is 2.58. The van der Waals surface area contributed by atoms with Gasteiger partial charge in [-0.25, -0.2) is 0 Å². The van der Waals surface area contributed by atoms with Gasteiger partial charge in [0.05, 0.1) is 6.10 Å². The highest BCUT2D eigenvalue weighted by atomic mass is 16.3. The van der Waals surface area contributed by atoms with E-state index < -0.39 is 12.2 Å². The number of aliphatic hydroxyl groups is 2. The van der Waals surface area contributed by atoms with E-state index in [1.807, 2.05) is 60.7 Å². The molecule has 2 bridgehead atoms. The Morgan fingerprint density at radius 2 is 1.48 bits per heavy atom. The third-order valence-corrected chi connectivity index (χ3v) is 6.60. The van der Waals surface area contributed by atoms with Gasteiger partial charge < -0.3 is 10.2 Å². The fourth-order valence-electron chi connectivity index (χ4n) is 4.86. The summed E-state index contributed by atoms with van der Waals surface area (Å²) in [6.45, 7) is 4.26. The maximum atomic E-state index is 13.2. The molecule has 0 amide bonds. The molecule has 1 fully saturated rings. The number of hydrogen-bond acceptors (Lipinski definition) is 3. The molecule has 4 atom stereocenters. The Balaban J connectivity index is 1.75. The lowest BCUT2D eigenvalue weighted by Crippen LogP contribution is -2.55. The molecular weight excluding hydrogens is 336 g/mol. The minimum Gasteiger partial charge on any atom is -0.388 e. The molecule has 3 nitrogen and oxygen atoms in total. The zero-order chi connectivity index (χ0) is 19.2. The van der Waals surface area contributed by atoms with Gasteiger partial charge in [-0.05, 0) is 35.3 Å². The molecule has 2 aromatic carbocycles. The molecule has 5 rings (SSSR count). The number of fused-ring (bicyclic) bond motifs is 1. The van der Waals surface area contributed by atoms with Gasteiger partial charge in [0.2, 0.25) is 0 Å². The van der Waals surface area contributed by atoms with Crippen LogP contribution in [-0.2, 0) is 4.79 Å². The van der Waals surface area contributed by atoms with Crippen molar-refractivity contribution in [2.45, 2.75) is 38.9 Å². The summed E-state index contributed by atoms with van der Waals surface area (Å²) in [6, 6.07) is 18.9. The summed E-state index contributed by atoms with van der Waals surface area (Å²) in [5.74, 6) is 0.245. The predicted molar refractivity (Wildman–Crippen MR) is 105 cm³/mol. The first-order valence-corrected chi connectivity index (χ1v) is 9.64. The van der Waals surface area contributed by atoms with Gasteiger partial charge in [0.1, 0.15) is 6.10 Å².